The smallest absolute Gasteiger partial charge is 0.330 e. The van der Waals surface area contributed by atoms with Gasteiger partial charge in [0.15, 0.2) is 6.23 Å². The second kappa shape index (κ2) is 5.44. The summed E-state index contributed by atoms with van der Waals surface area (Å²) in [5.41, 5.74) is -1.12. The summed E-state index contributed by atoms with van der Waals surface area (Å²) in [7, 11) is 1.38. The van der Waals surface area contributed by atoms with Crippen molar-refractivity contribution in [2.45, 2.75) is 26.2 Å². The quantitative estimate of drug-likeness (QED) is 0.728. The van der Waals surface area contributed by atoms with Crippen LogP contribution in [0, 0.1) is 0 Å². The van der Waals surface area contributed by atoms with Crippen molar-refractivity contribution in [1.82, 2.24) is 9.55 Å². The largest absolute Gasteiger partial charge is 0.458 e. The Morgan fingerprint density at radius 3 is 2.59 bits per heavy atom. The molecule has 0 fully saturated rings. The fourth-order valence-corrected chi connectivity index (χ4v) is 1.48. The fourth-order valence-electron chi connectivity index (χ4n) is 1.48. The van der Waals surface area contributed by atoms with E-state index < -0.39 is 29.6 Å². The molecular formula is C10H14N2O5. The van der Waals surface area contributed by atoms with E-state index in [1.807, 2.05) is 0 Å². The zero-order valence-corrected chi connectivity index (χ0v) is 9.80. The van der Waals surface area contributed by atoms with Crippen LogP contribution >= 0.6 is 0 Å². The van der Waals surface area contributed by atoms with Crippen molar-refractivity contribution in [3.05, 3.63) is 33.1 Å². The van der Waals surface area contributed by atoms with E-state index >= 15 is 0 Å². The van der Waals surface area contributed by atoms with E-state index in [9.17, 15) is 14.4 Å². The minimum absolute atomic E-state index is 0.475. The Balaban J connectivity index is 3.05. The van der Waals surface area contributed by atoms with Gasteiger partial charge in [-0.2, -0.15) is 0 Å². The summed E-state index contributed by atoms with van der Waals surface area (Å²) in [4.78, 5) is 35.3. The first-order chi connectivity index (χ1) is 7.95. The van der Waals surface area contributed by atoms with Crippen LogP contribution in [0.4, 0.5) is 0 Å². The van der Waals surface area contributed by atoms with Gasteiger partial charge in [-0.1, -0.05) is 0 Å². The maximum atomic E-state index is 11.5. The van der Waals surface area contributed by atoms with Crippen LogP contribution in [0.25, 0.3) is 0 Å². The van der Waals surface area contributed by atoms with Crippen molar-refractivity contribution in [3.63, 3.8) is 0 Å². The molecule has 94 valence electrons. The minimum Gasteiger partial charge on any atom is -0.458 e. The minimum atomic E-state index is -0.789. The summed E-state index contributed by atoms with van der Waals surface area (Å²) in [5, 5.41) is 0. The van der Waals surface area contributed by atoms with Gasteiger partial charge in [0, 0.05) is 26.3 Å². The molecule has 0 saturated carbocycles. The van der Waals surface area contributed by atoms with E-state index in [4.69, 9.17) is 9.47 Å². The Morgan fingerprint density at radius 2 is 2.12 bits per heavy atom. The van der Waals surface area contributed by atoms with Crippen LogP contribution in [0.15, 0.2) is 21.9 Å². The lowest BCUT2D eigenvalue weighted by atomic mass is 10.3. The lowest BCUT2D eigenvalue weighted by Crippen LogP contribution is -2.37. The molecule has 0 bridgehead atoms. The monoisotopic (exact) mass is 242 g/mol. The van der Waals surface area contributed by atoms with E-state index in [1.165, 1.54) is 26.3 Å². The molecule has 1 heterocycles. The average Bonchev–Trinajstić information content (AvgIpc) is 2.21. The molecule has 0 radical (unpaired) electrons. The molecule has 7 heteroatoms. The Hall–Kier alpha value is -1.89. The van der Waals surface area contributed by atoms with E-state index in [2.05, 4.69) is 4.98 Å². The highest BCUT2D eigenvalue weighted by Crippen LogP contribution is 2.12. The maximum Gasteiger partial charge on any atom is 0.330 e. The number of rotatable bonds is 4. The number of nitrogens with zero attached hydrogens (tertiary/aromatic N) is 1. The van der Waals surface area contributed by atoms with Gasteiger partial charge in [0.05, 0.1) is 0 Å². The van der Waals surface area contributed by atoms with Crippen molar-refractivity contribution < 1.29 is 14.3 Å². The standard InChI is InChI=1S/C10H14N2O5/c1-6(17-7(2)13)9(16-3)12-5-4-8(14)11-10(12)15/h4-6,9H,1-3H3,(H,11,14,15)/t6-,9?/m0/s1. The zero-order chi connectivity index (χ0) is 13.0. The number of hydrogen-bond acceptors (Lipinski definition) is 5. The van der Waals surface area contributed by atoms with Crippen LogP contribution in [-0.2, 0) is 14.3 Å². The molecule has 1 aromatic heterocycles. The van der Waals surface area contributed by atoms with Gasteiger partial charge in [0.25, 0.3) is 5.56 Å². The highest BCUT2D eigenvalue weighted by atomic mass is 16.6. The number of carbonyl (C=O) groups is 1. The molecule has 0 spiro atoms. The second-order valence-electron chi connectivity index (χ2n) is 3.46. The molecule has 0 aromatic carbocycles. The Bertz CT molecular complexity index is 504. The van der Waals surface area contributed by atoms with Gasteiger partial charge < -0.3 is 9.47 Å². The molecule has 0 saturated heterocycles. The summed E-state index contributed by atoms with van der Waals surface area (Å²) >= 11 is 0. The lowest BCUT2D eigenvalue weighted by molar-refractivity contribution is -0.157. The van der Waals surface area contributed by atoms with Crippen molar-refractivity contribution in [3.8, 4) is 0 Å². The van der Waals surface area contributed by atoms with Crippen LogP contribution in [0.5, 0.6) is 0 Å². The molecule has 0 aliphatic heterocycles. The van der Waals surface area contributed by atoms with E-state index in [1.54, 1.807) is 6.92 Å². The average molecular weight is 242 g/mol. The molecule has 7 nitrogen and oxygen atoms in total. The molecule has 0 aliphatic rings. The van der Waals surface area contributed by atoms with Crippen LogP contribution in [0.3, 0.4) is 0 Å². The first-order valence-corrected chi connectivity index (χ1v) is 4.97. The summed E-state index contributed by atoms with van der Waals surface area (Å²) in [6.45, 7) is 2.85. The first-order valence-electron chi connectivity index (χ1n) is 4.97. The number of H-pyrrole nitrogens is 1. The number of carbonyl (C=O) groups excluding carboxylic acids is 1. The molecule has 0 amide bonds. The Labute approximate surface area is 97.0 Å². The number of aromatic amines is 1. The Kier molecular flexibility index (Phi) is 4.22. The van der Waals surface area contributed by atoms with Crippen LogP contribution in [0.2, 0.25) is 0 Å². The third-order valence-electron chi connectivity index (χ3n) is 2.12. The van der Waals surface area contributed by atoms with Gasteiger partial charge in [-0.15, -0.1) is 0 Å². The molecular weight excluding hydrogens is 228 g/mol. The highest BCUT2D eigenvalue weighted by Gasteiger charge is 2.22. The predicted molar refractivity (Wildman–Crippen MR) is 58.6 cm³/mol. The molecule has 1 unspecified atom stereocenters. The maximum absolute atomic E-state index is 11.5. The third kappa shape index (κ3) is 3.28. The topological polar surface area (TPSA) is 90.4 Å². The molecule has 1 rings (SSSR count). The normalized spacial score (nSPS) is 14.1. The fraction of sp³-hybridized carbons (Fsp3) is 0.500. The molecule has 2 atom stereocenters. The molecule has 17 heavy (non-hydrogen) atoms. The summed E-state index contributed by atoms with van der Waals surface area (Å²) < 4.78 is 11.2. The number of ether oxygens (including phenoxy) is 2. The molecule has 0 aliphatic carbocycles. The van der Waals surface area contributed by atoms with Gasteiger partial charge in [0.2, 0.25) is 0 Å². The number of hydrogen-bond donors (Lipinski definition) is 1. The van der Waals surface area contributed by atoms with Crippen molar-refractivity contribution in [1.29, 1.82) is 0 Å². The number of aromatic nitrogens is 2. The van der Waals surface area contributed by atoms with Crippen molar-refractivity contribution in [2.75, 3.05) is 7.11 Å². The summed E-state index contributed by atoms with van der Waals surface area (Å²) in [6, 6.07) is 1.19. The lowest BCUT2D eigenvalue weighted by Gasteiger charge is -2.23. The van der Waals surface area contributed by atoms with Gasteiger partial charge in [-0.25, -0.2) is 4.79 Å². The van der Waals surface area contributed by atoms with Crippen LogP contribution < -0.4 is 11.2 Å². The second-order valence-corrected chi connectivity index (χ2v) is 3.46. The zero-order valence-electron chi connectivity index (χ0n) is 9.80. The molecule has 1 aromatic rings. The SMILES string of the molecule is COC([C@H](C)OC(C)=O)n1ccc(=O)[nH]c1=O. The summed E-state index contributed by atoms with van der Waals surface area (Å²) in [5.74, 6) is -0.475. The van der Waals surface area contributed by atoms with Gasteiger partial charge in [0.1, 0.15) is 6.10 Å². The highest BCUT2D eigenvalue weighted by molar-refractivity contribution is 5.66. The summed E-state index contributed by atoms with van der Waals surface area (Å²) in [6.07, 6.45) is -0.153. The molecule has 1 N–H and O–H groups in total. The van der Waals surface area contributed by atoms with Gasteiger partial charge >= 0.3 is 11.7 Å². The predicted octanol–water partition coefficient (Wildman–Crippen LogP) is -0.367. The van der Waals surface area contributed by atoms with Gasteiger partial charge in [-0.05, 0) is 6.92 Å². The number of methoxy groups -OCH3 is 1. The Morgan fingerprint density at radius 1 is 1.47 bits per heavy atom. The third-order valence-corrected chi connectivity index (χ3v) is 2.12. The van der Waals surface area contributed by atoms with Crippen LogP contribution in [-0.4, -0.2) is 28.7 Å². The number of esters is 1. The van der Waals surface area contributed by atoms with E-state index in [-0.39, 0.29) is 0 Å². The van der Waals surface area contributed by atoms with Crippen LogP contribution in [0.1, 0.15) is 20.1 Å². The van der Waals surface area contributed by atoms with Gasteiger partial charge in [-0.3, -0.25) is 19.1 Å². The number of nitrogens with one attached hydrogen (secondary N) is 1. The van der Waals surface area contributed by atoms with Crippen molar-refractivity contribution in [2.24, 2.45) is 0 Å². The first kappa shape index (κ1) is 13.2. The van der Waals surface area contributed by atoms with E-state index in [0.29, 0.717) is 0 Å². The van der Waals surface area contributed by atoms with E-state index in [0.717, 1.165) is 4.57 Å². The van der Waals surface area contributed by atoms with Crippen molar-refractivity contribution >= 4 is 5.97 Å².